The highest BCUT2D eigenvalue weighted by atomic mass is 32.1. The highest BCUT2D eigenvalue weighted by molar-refractivity contribution is 7.80. The van der Waals surface area contributed by atoms with E-state index in [1.807, 2.05) is 0 Å². The molecule has 9 heteroatoms. The SMILES string of the molecule is C=C(c1cncs1)c1nc(-c2cnc3c(c2)C=CCN3)nc(N2CCOCC2)c1S. The molecule has 0 aliphatic carbocycles. The highest BCUT2D eigenvalue weighted by Gasteiger charge is 2.23. The zero-order valence-electron chi connectivity index (χ0n) is 16.2. The van der Waals surface area contributed by atoms with Gasteiger partial charge in [-0.15, -0.1) is 24.0 Å². The molecular formula is C21H20N6OS2. The minimum absolute atomic E-state index is 0.601. The van der Waals surface area contributed by atoms with Crippen LogP contribution in [-0.2, 0) is 4.74 Å². The van der Waals surface area contributed by atoms with Crippen LogP contribution < -0.4 is 10.2 Å². The average Bonchev–Trinajstić information content (AvgIpc) is 3.34. The molecule has 0 bridgehead atoms. The fourth-order valence-corrected chi connectivity index (χ4v) is 4.45. The van der Waals surface area contributed by atoms with Crippen molar-refractivity contribution in [2.75, 3.05) is 43.1 Å². The first-order valence-electron chi connectivity index (χ1n) is 9.63. The van der Waals surface area contributed by atoms with Gasteiger partial charge < -0.3 is 15.0 Å². The van der Waals surface area contributed by atoms with Crippen LogP contribution in [0.15, 0.2) is 41.5 Å². The molecule has 5 heterocycles. The molecule has 152 valence electrons. The van der Waals surface area contributed by atoms with Crippen molar-refractivity contribution in [3.8, 4) is 11.4 Å². The van der Waals surface area contributed by atoms with Crippen molar-refractivity contribution < 1.29 is 4.74 Å². The number of thiol groups is 1. The fraction of sp³-hybridized carbons (Fsp3) is 0.238. The molecule has 2 aliphatic rings. The Labute approximate surface area is 184 Å². The lowest BCUT2D eigenvalue weighted by Crippen LogP contribution is -2.37. The third-order valence-corrected chi connectivity index (χ3v) is 6.30. The van der Waals surface area contributed by atoms with Crippen LogP contribution in [0.3, 0.4) is 0 Å². The molecule has 0 unspecified atom stereocenters. The maximum absolute atomic E-state index is 5.52. The molecule has 0 spiro atoms. The summed E-state index contributed by atoms with van der Waals surface area (Å²) >= 11 is 6.34. The Morgan fingerprint density at radius 2 is 2.10 bits per heavy atom. The number of rotatable bonds is 4. The standard InChI is InChI=1S/C21H20N6OS2/c1-13(16-11-22-12-30-16)17-18(29)21(27-5-7-28-8-6-27)26-20(25-17)15-9-14-3-2-4-23-19(14)24-10-15/h2-3,9-12,29H,1,4-8H2,(H,23,24). The first kappa shape index (κ1) is 19.2. The minimum Gasteiger partial charge on any atom is -0.378 e. The molecule has 30 heavy (non-hydrogen) atoms. The molecule has 0 saturated carbocycles. The van der Waals surface area contributed by atoms with Crippen molar-refractivity contribution in [2.45, 2.75) is 4.90 Å². The average molecular weight is 437 g/mol. The van der Waals surface area contributed by atoms with E-state index in [-0.39, 0.29) is 0 Å². The van der Waals surface area contributed by atoms with Crippen LogP contribution in [0.4, 0.5) is 11.6 Å². The van der Waals surface area contributed by atoms with Gasteiger partial charge in [-0.1, -0.05) is 18.7 Å². The van der Waals surface area contributed by atoms with E-state index in [2.05, 4.69) is 45.0 Å². The molecular weight excluding hydrogens is 416 g/mol. The smallest absolute Gasteiger partial charge is 0.163 e. The molecule has 1 fully saturated rings. The lowest BCUT2D eigenvalue weighted by molar-refractivity contribution is 0.122. The van der Waals surface area contributed by atoms with Crippen molar-refractivity contribution in [1.82, 2.24) is 19.9 Å². The number of aromatic nitrogens is 4. The summed E-state index contributed by atoms with van der Waals surface area (Å²) in [6.45, 7) is 7.89. The van der Waals surface area contributed by atoms with Gasteiger partial charge in [0.25, 0.3) is 0 Å². The minimum atomic E-state index is 0.601. The number of fused-ring (bicyclic) bond motifs is 1. The van der Waals surface area contributed by atoms with Gasteiger partial charge >= 0.3 is 0 Å². The normalized spacial score (nSPS) is 15.6. The molecule has 7 nitrogen and oxygen atoms in total. The fourth-order valence-electron chi connectivity index (χ4n) is 3.48. The highest BCUT2D eigenvalue weighted by Crippen LogP contribution is 2.35. The zero-order valence-corrected chi connectivity index (χ0v) is 17.9. The number of thiazole rings is 1. The first-order chi connectivity index (χ1) is 14.7. The van der Waals surface area contributed by atoms with Crippen LogP contribution >= 0.6 is 24.0 Å². The van der Waals surface area contributed by atoms with Gasteiger partial charge in [-0.25, -0.2) is 15.0 Å². The second-order valence-corrected chi connectivity index (χ2v) is 8.29. The summed E-state index contributed by atoms with van der Waals surface area (Å²) in [6.07, 6.45) is 7.74. The Kier molecular flexibility index (Phi) is 5.24. The van der Waals surface area contributed by atoms with Crippen molar-refractivity contribution >= 4 is 47.3 Å². The van der Waals surface area contributed by atoms with Gasteiger partial charge in [-0.05, 0) is 6.07 Å². The Balaban J connectivity index is 1.64. The van der Waals surface area contributed by atoms with Crippen LogP contribution in [0.5, 0.6) is 0 Å². The summed E-state index contributed by atoms with van der Waals surface area (Å²) in [5.41, 5.74) is 5.15. The summed E-state index contributed by atoms with van der Waals surface area (Å²) in [4.78, 5) is 22.3. The second kappa shape index (κ2) is 8.17. The molecule has 0 amide bonds. The summed E-state index contributed by atoms with van der Waals surface area (Å²) in [5, 5.41) is 3.27. The zero-order chi connectivity index (χ0) is 20.5. The summed E-state index contributed by atoms with van der Waals surface area (Å²) in [7, 11) is 0. The molecule has 0 radical (unpaired) electrons. The molecule has 5 rings (SSSR count). The molecule has 1 saturated heterocycles. The van der Waals surface area contributed by atoms with Crippen LogP contribution in [-0.4, -0.2) is 52.8 Å². The van der Waals surface area contributed by atoms with E-state index >= 15 is 0 Å². The second-order valence-electron chi connectivity index (χ2n) is 6.96. The van der Waals surface area contributed by atoms with Crippen molar-refractivity contribution in [2.24, 2.45) is 0 Å². The van der Waals surface area contributed by atoms with Gasteiger partial charge in [0.15, 0.2) is 5.82 Å². The van der Waals surface area contributed by atoms with Crippen LogP contribution in [0.2, 0.25) is 0 Å². The van der Waals surface area contributed by atoms with E-state index in [1.54, 1.807) is 17.9 Å². The Morgan fingerprint density at radius 1 is 1.23 bits per heavy atom. The van der Waals surface area contributed by atoms with Gasteiger partial charge in [-0.2, -0.15) is 0 Å². The molecule has 0 aromatic carbocycles. The molecule has 3 aromatic rings. The lowest BCUT2D eigenvalue weighted by Gasteiger charge is -2.29. The summed E-state index contributed by atoms with van der Waals surface area (Å²) in [6, 6.07) is 2.06. The monoisotopic (exact) mass is 436 g/mol. The third-order valence-electron chi connectivity index (χ3n) is 5.05. The maximum Gasteiger partial charge on any atom is 0.163 e. The quantitative estimate of drug-likeness (QED) is 0.605. The van der Waals surface area contributed by atoms with Crippen molar-refractivity contribution in [3.63, 3.8) is 0 Å². The van der Waals surface area contributed by atoms with Crippen LogP contribution in [0, 0.1) is 0 Å². The van der Waals surface area contributed by atoms with E-state index < -0.39 is 0 Å². The van der Waals surface area contributed by atoms with E-state index in [9.17, 15) is 0 Å². The van der Waals surface area contributed by atoms with E-state index in [4.69, 9.17) is 27.3 Å². The van der Waals surface area contributed by atoms with E-state index in [1.165, 1.54) is 11.3 Å². The lowest BCUT2D eigenvalue weighted by atomic mass is 10.1. The van der Waals surface area contributed by atoms with Gasteiger partial charge in [0.2, 0.25) is 0 Å². The molecule has 0 atom stereocenters. The number of hydrogen-bond acceptors (Lipinski definition) is 9. The number of nitrogens with zero attached hydrogens (tertiary/aromatic N) is 5. The number of pyridine rings is 1. The number of morpholine rings is 1. The maximum atomic E-state index is 5.52. The Hall–Kier alpha value is -2.75. The number of hydrogen-bond donors (Lipinski definition) is 2. The molecule has 3 aromatic heterocycles. The number of ether oxygens (including phenoxy) is 1. The summed E-state index contributed by atoms with van der Waals surface area (Å²) in [5.74, 6) is 2.26. The van der Waals surface area contributed by atoms with Crippen molar-refractivity contribution in [1.29, 1.82) is 0 Å². The van der Waals surface area contributed by atoms with Crippen LogP contribution in [0.25, 0.3) is 23.0 Å². The Bertz CT molecular complexity index is 1120. The third kappa shape index (κ3) is 3.60. The predicted octanol–water partition coefficient (Wildman–Crippen LogP) is 3.62. The Morgan fingerprint density at radius 3 is 2.90 bits per heavy atom. The summed E-state index contributed by atoms with van der Waals surface area (Å²) < 4.78 is 5.52. The van der Waals surface area contributed by atoms with Gasteiger partial charge in [0.05, 0.1) is 34.2 Å². The van der Waals surface area contributed by atoms with Gasteiger partial charge in [0.1, 0.15) is 11.6 Å². The van der Waals surface area contributed by atoms with Gasteiger partial charge in [-0.3, -0.25) is 4.98 Å². The number of anilines is 2. The van der Waals surface area contributed by atoms with E-state index in [0.29, 0.717) is 29.6 Å². The van der Waals surface area contributed by atoms with Gasteiger partial charge in [0, 0.05) is 48.7 Å². The molecule has 1 N–H and O–H groups in total. The predicted molar refractivity (Wildman–Crippen MR) is 123 cm³/mol. The molecule has 2 aliphatic heterocycles. The van der Waals surface area contributed by atoms with Crippen molar-refractivity contribution in [3.05, 3.63) is 52.8 Å². The first-order valence-corrected chi connectivity index (χ1v) is 11.0. The topological polar surface area (TPSA) is 76.1 Å². The van der Waals surface area contributed by atoms with Crippen LogP contribution in [0.1, 0.15) is 16.1 Å². The largest absolute Gasteiger partial charge is 0.378 e. The number of nitrogens with one attached hydrogen (secondary N) is 1. The van der Waals surface area contributed by atoms with E-state index in [0.717, 1.165) is 52.8 Å².